The molecule has 3 nitrogen and oxygen atoms in total. The molecule has 118 valence electrons. The van der Waals surface area contributed by atoms with E-state index in [9.17, 15) is 4.79 Å². The van der Waals surface area contributed by atoms with Crippen LogP contribution >= 0.6 is 12.6 Å². The Hall–Kier alpha value is -1.00. The van der Waals surface area contributed by atoms with Crippen molar-refractivity contribution in [2.45, 2.75) is 38.5 Å². The summed E-state index contributed by atoms with van der Waals surface area (Å²) in [6, 6.07) is 7.82. The van der Waals surface area contributed by atoms with Crippen LogP contribution in [0.5, 0.6) is 0 Å². The van der Waals surface area contributed by atoms with Crippen molar-refractivity contribution >= 4 is 18.5 Å². The summed E-state index contributed by atoms with van der Waals surface area (Å²) in [5, 5.41) is 0. The maximum atomic E-state index is 12.3. The van der Waals surface area contributed by atoms with Crippen LogP contribution in [0.3, 0.4) is 0 Å². The van der Waals surface area contributed by atoms with Gasteiger partial charge in [0, 0.05) is 18.0 Å². The van der Waals surface area contributed by atoms with Gasteiger partial charge in [-0.05, 0) is 50.7 Å². The molecule has 0 aliphatic rings. The Bertz CT molecular complexity index is 415. The quantitative estimate of drug-likeness (QED) is 0.709. The van der Waals surface area contributed by atoms with Crippen LogP contribution in [0.25, 0.3) is 0 Å². The van der Waals surface area contributed by atoms with Crippen molar-refractivity contribution in [1.29, 1.82) is 0 Å². The molecule has 0 aliphatic heterocycles. The minimum atomic E-state index is 0.212. The van der Waals surface area contributed by atoms with Gasteiger partial charge in [-0.1, -0.05) is 26.0 Å². The Morgan fingerprint density at radius 1 is 1.00 bits per heavy atom. The molecule has 4 heteroatoms. The first-order chi connectivity index (χ1) is 10.1. The number of carbonyl (C=O) groups is 1. The number of amides is 1. The number of thiol groups is 1. The molecule has 0 saturated heterocycles. The molecule has 0 unspecified atom stereocenters. The normalized spacial score (nSPS) is 10.9. The van der Waals surface area contributed by atoms with Gasteiger partial charge in [0.2, 0.25) is 5.91 Å². The SMILES string of the molecule is CCN(CC)CCCN(CC)C(=O)Cc1ccc(S)cc1. The van der Waals surface area contributed by atoms with Crippen molar-refractivity contribution in [1.82, 2.24) is 9.80 Å². The average molecular weight is 308 g/mol. The van der Waals surface area contributed by atoms with Crippen LogP contribution in [-0.4, -0.2) is 48.4 Å². The number of likely N-dealkylation sites (N-methyl/N-ethyl adjacent to an activating group) is 1. The molecule has 0 heterocycles. The number of hydrogen-bond acceptors (Lipinski definition) is 3. The number of rotatable bonds is 9. The Balaban J connectivity index is 2.43. The van der Waals surface area contributed by atoms with Gasteiger partial charge in [0.1, 0.15) is 0 Å². The molecule has 1 aromatic carbocycles. The lowest BCUT2D eigenvalue weighted by atomic mass is 10.1. The van der Waals surface area contributed by atoms with Gasteiger partial charge in [0.05, 0.1) is 6.42 Å². The predicted molar refractivity (Wildman–Crippen MR) is 92.1 cm³/mol. The number of benzene rings is 1. The fourth-order valence-corrected chi connectivity index (χ4v) is 2.53. The van der Waals surface area contributed by atoms with Crippen LogP contribution in [0.1, 0.15) is 32.8 Å². The summed E-state index contributed by atoms with van der Waals surface area (Å²) in [7, 11) is 0. The van der Waals surface area contributed by atoms with Crippen LogP contribution in [-0.2, 0) is 11.2 Å². The molecule has 0 aromatic heterocycles. The zero-order valence-corrected chi connectivity index (χ0v) is 14.4. The molecular weight excluding hydrogens is 280 g/mol. The molecule has 1 amide bonds. The van der Waals surface area contributed by atoms with E-state index in [1.807, 2.05) is 36.1 Å². The van der Waals surface area contributed by atoms with Crippen molar-refractivity contribution < 1.29 is 4.79 Å². The van der Waals surface area contributed by atoms with E-state index < -0.39 is 0 Å². The lowest BCUT2D eigenvalue weighted by molar-refractivity contribution is -0.130. The lowest BCUT2D eigenvalue weighted by Crippen LogP contribution is -2.35. The van der Waals surface area contributed by atoms with E-state index in [1.165, 1.54) is 0 Å². The van der Waals surface area contributed by atoms with Gasteiger partial charge >= 0.3 is 0 Å². The second-order valence-electron chi connectivity index (χ2n) is 5.20. The largest absolute Gasteiger partial charge is 0.343 e. The molecule has 1 rings (SSSR count). The Labute approximate surface area is 134 Å². The van der Waals surface area contributed by atoms with E-state index in [0.29, 0.717) is 6.42 Å². The highest BCUT2D eigenvalue weighted by Crippen LogP contribution is 2.09. The summed E-state index contributed by atoms with van der Waals surface area (Å²) in [5.41, 5.74) is 1.06. The second-order valence-corrected chi connectivity index (χ2v) is 5.71. The third-order valence-corrected chi connectivity index (χ3v) is 4.12. The highest BCUT2D eigenvalue weighted by molar-refractivity contribution is 7.80. The fraction of sp³-hybridized carbons (Fsp3) is 0.588. The molecule has 0 aliphatic carbocycles. The third kappa shape index (κ3) is 6.53. The van der Waals surface area contributed by atoms with Gasteiger partial charge in [-0.3, -0.25) is 4.79 Å². The summed E-state index contributed by atoms with van der Waals surface area (Å²) in [4.78, 5) is 17.6. The maximum Gasteiger partial charge on any atom is 0.226 e. The molecule has 0 spiro atoms. The number of carbonyl (C=O) groups excluding carboxylic acids is 1. The van der Waals surface area contributed by atoms with E-state index >= 15 is 0 Å². The molecule has 0 saturated carbocycles. The third-order valence-electron chi connectivity index (χ3n) is 3.82. The number of nitrogens with zero attached hydrogens (tertiary/aromatic N) is 2. The molecule has 21 heavy (non-hydrogen) atoms. The van der Waals surface area contributed by atoms with Crippen molar-refractivity contribution in [2.75, 3.05) is 32.7 Å². The van der Waals surface area contributed by atoms with Gasteiger partial charge in [-0.2, -0.15) is 0 Å². The zero-order valence-electron chi connectivity index (χ0n) is 13.5. The van der Waals surface area contributed by atoms with Crippen LogP contribution in [0, 0.1) is 0 Å². The fourth-order valence-electron chi connectivity index (χ4n) is 2.38. The first-order valence-electron chi connectivity index (χ1n) is 7.88. The van der Waals surface area contributed by atoms with Crippen LogP contribution in [0.15, 0.2) is 29.2 Å². The van der Waals surface area contributed by atoms with Crippen LogP contribution in [0.4, 0.5) is 0 Å². The van der Waals surface area contributed by atoms with Gasteiger partial charge in [-0.15, -0.1) is 12.6 Å². The zero-order chi connectivity index (χ0) is 15.7. The smallest absolute Gasteiger partial charge is 0.226 e. The number of hydrogen-bond donors (Lipinski definition) is 1. The van der Waals surface area contributed by atoms with Crippen molar-refractivity contribution in [2.24, 2.45) is 0 Å². The average Bonchev–Trinajstić information content (AvgIpc) is 2.50. The first kappa shape index (κ1) is 18.1. The van der Waals surface area contributed by atoms with Gasteiger partial charge in [-0.25, -0.2) is 0 Å². The molecular formula is C17H28N2OS. The van der Waals surface area contributed by atoms with E-state index in [0.717, 1.165) is 49.6 Å². The Morgan fingerprint density at radius 2 is 1.62 bits per heavy atom. The van der Waals surface area contributed by atoms with Crippen LogP contribution in [0.2, 0.25) is 0 Å². The standard InChI is InChI=1S/C17H28N2OS/c1-4-18(5-2)12-7-13-19(6-3)17(20)14-15-8-10-16(21)11-9-15/h8-11,21H,4-7,12-14H2,1-3H3. The Kier molecular flexibility index (Phi) is 8.47. The monoisotopic (exact) mass is 308 g/mol. The molecule has 0 bridgehead atoms. The minimum absolute atomic E-state index is 0.212. The van der Waals surface area contributed by atoms with E-state index in [2.05, 4.69) is 31.4 Å². The molecule has 0 atom stereocenters. The molecule has 1 aromatic rings. The van der Waals surface area contributed by atoms with Crippen molar-refractivity contribution in [3.8, 4) is 0 Å². The second kappa shape index (κ2) is 9.85. The van der Waals surface area contributed by atoms with E-state index in [1.54, 1.807) is 0 Å². The topological polar surface area (TPSA) is 23.6 Å². The van der Waals surface area contributed by atoms with Gasteiger partial charge in [0.15, 0.2) is 0 Å². The van der Waals surface area contributed by atoms with Gasteiger partial charge in [0.25, 0.3) is 0 Å². The highest BCUT2D eigenvalue weighted by Gasteiger charge is 2.12. The summed E-state index contributed by atoms with van der Waals surface area (Å²) in [6.07, 6.45) is 1.52. The van der Waals surface area contributed by atoms with Crippen molar-refractivity contribution in [3.05, 3.63) is 29.8 Å². The molecule has 0 fully saturated rings. The van der Waals surface area contributed by atoms with Crippen molar-refractivity contribution in [3.63, 3.8) is 0 Å². The summed E-state index contributed by atoms with van der Waals surface area (Å²) in [6.45, 7) is 11.2. The minimum Gasteiger partial charge on any atom is -0.343 e. The maximum absolute atomic E-state index is 12.3. The summed E-state index contributed by atoms with van der Waals surface area (Å²) < 4.78 is 0. The first-order valence-corrected chi connectivity index (χ1v) is 8.33. The van der Waals surface area contributed by atoms with E-state index in [-0.39, 0.29) is 5.91 Å². The van der Waals surface area contributed by atoms with E-state index in [4.69, 9.17) is 0 Å². The highest BCUT2D eigenvalue weighted by atomic mass is 32.1. The summed E-state index contributed by atoms with van der Waals surface area (Å²) in [5.74, 6) is 0.212. The predicted octanol–water partition coefficient (Wildman–Crippen LogP) is 3.10. The lowest BCUT2D eigenvalue weighted by Gasteiger charge is -2.23. The summed E-state index contributed by atoms with van der Waals surface area (Å²) >= 11 is 4.26. The van der Waals surface area contributed by atoms with Gasteiger partial charge < -0.3 is 9.80 Å². The van der Waals surface area contributed by atoms with Crippen LogP contribution < -0.4 is 0 Å². The molecule has 0 N–H and O–H groups in total. The molecule has 0 radical (unpaired) electrons. The Morgan fingerprint density at radius 3 is 2.14 bits per heavy atom.